The third-order valence-corrected chi connectivity index (χ3v) is 9.50. The van der Waals surface area contributed by atoms with Gasteiger partial charge in [-0.2, -0.15) is 0 Å². The zero-order chi connectivity index (χ0) is 30.9. The van der Waals surface area contributed by atoms with Gasteiger partial charge in [-0.1, -0.05) is 115 Å². The second-order valence-electron chi connectivity index (χ2n) is 12.2. The van der Waals surface area contributed by atoms with Gasteiger partial charge in [-0.15, -0.1) is 0 Å². The van der Waals surface area contributed by atoms with Gasteiger partial charge in [0.05, 0.1) is 16.7 Å². The minimum atomic E-state index is 0.872. The molecule has 220 valence electrons. The smallest absolute Gasteiger partial charge is 0.138 e. The first-order valence-electron chi connectivity index (χ1n) is 16.0. The van der Waals surface area contributed by atoms with Gasteiger partial charge < -0.3 is 13.9 Å². The predicted molar refractivity (Wildman–Crippen MR) is 198 cm³/mol. The average molecular weight is 601 g/mol. The summed E-state index contributed by atoms with van der Waals surface area (Å²) in [5.74, 6) is 0. The molecule has 0 aliphatic rings. The minimum absolute atomic E-state index is 0.872. The lowest BCUT2D eigenvalue weighted by Gasteiger charge is -2.28. The molecule has 2 aromatic heterocycles. The maximum absolute atomic E-state index is 6.69. The van der Waals surface area contributed by atoms with E-state index in [0.717, 1.165) is 55.7 Å². The van der Waals surface area contributed by atoms with Crippen molar-refractivity contribution in [1.29, 1.82) is 0 Å². The summed E-state index contributed by atoms with van der Waals surface area (Å²) < 4.78 is 9.12. The highest BCUT2D eigenvalue weighted by molar-refractivity contribution is 6.30. The fourth-order valence-corrected chi connectivity index (χ4v) is 7.43. The van der Waals surface area contributed by atoms with E-state index in [1.165, 1.54) is 32.3 Å². The monoisotopic (exact) mass is 600 g/mol. The quantitative estimate of drug-likeness (QED) is 0.200. The molecule has 0 N–H and O–H groups in total. The van der Waals surface area contributed by atoms with Gasteiger partial charge in [0.2, 0.25) is 0 Å². The molecule has 0 unspecified atom stereocenters. The molecule has 3 heteroatoms. The average Bonchev–Trinajstić information content (AvgIpc) is 3.68. The Bertz CT molecular complexity index is 2730. The lowest BCUT2D eigenvalue weighted by Crippen LogP contribution is -2.12. The van der Waals surface area contributed by atoms with Crippen molar-refractivity contribution in [1.82, 2.24) is 4.57 Å². The van der Waals surface area contributed by atoms with Crippen molar-refractivity contribution in [2.45, 2.75) is 0 Å². The molecule has 0 aliphatic heterocycles. The van der Waals surface area contributed by atoms with Crippen LogP contribution >= 0.6 is 0 Å². The molecule has 0 atom stereocenters. The van der Waals surface area contributed by atoms with E-state index in [4.69, 9.17) is 4.42 Å². The second-order valence-corrected chi connectivity index (χ2v) is 12.2. The fraction of sp³-hybridized carbons (Fsp3) is 0. The molecule has 0 amide bonds. The van der Waals surface area contributed by atoms with Gasteiger partial charge in [-0.25, -0.2) is 0 Å². The van der Waals surface area contributed by atoms with Crippen LogP contribution in [-0.2, 0) is 0 Å². The highest BCUT2D eigenvalue weighted by atomic mass is 16.3. The molecule has 0 spiro atoms. The van der Waals surface area contributed by atoms with E-state index < -0.39 is 0 Å². The maximum Gasteiger partial charge on any atom is 0.138 e. The lowest BCUT2D eigenvalue weighted by atomic mass is 10.0. The standard InChI is InChI=1S/C44H28N2O/c1-2-16-33(17-3-1)46-38-20-10-8-18-36(38)43-42-37-19-9-11-21-40(37)47-41(42)28-39(44(43)46)45(34-24-22-29-12-4-6-14-31(29)26-34)35-25-23-30-13-5-7-15-32(30)27-35/h1-28H. The van der Waals surface area contributed by atoms with E-state index in [0.29, 0.717) is 0 Å². The van der Waals surface area contributed by atoms with Crippen LogP contribution in [0, 0.1) is 0 Å². The van der Waals surface area contributed by atoms with E-state index in [-0.39, 0.29) is 0 Å². The Kier molecular flexibility index (Phi) is 5.57. The Balaban J connectivity index is 1.42. The van der Waals surface area contributed by atoms with Crippen molar-refractivity contribution in [2.75, 3.05) is 4.90 Å². The number of rotatable bonds is 4. The Hall–Kier alpha value is -6.32. The van der Waals surface area contributed by atoms with Crippen molar-refractivity contribution in [3.8, 4) is 5.69 Å². The van der Waals surface area contributed by atoms with Gasteiger partial charge in [0, 0.05) is 44.7 Å². The number of aromatic nitrogens is 1. The van der Waals surface area contributed by atoms with Crippen LogP contribution in [0.5, 0.6) is 0 Å². The van der Waals surface area contributed by atoms with Crippen LogP contribution in [0.2, 0.25) is 0 Å². The largest absolute Gasteiger partial charge is 0.456 e. The molecule has 3 nitrogen and oxygen atoms in total. The van der Waals surface area contributed by atoms with Crippen LogP contribution in [0.4, 0.5) is 17.1 Å². The summed E-state index contributed by atoms with van der Waals surface area (Å²) in [5.41, 5.74) is 8.39. The van der Waals surface area contributed by atoms with E-state index >= 15 is 0 Å². The lowest BCUT2D eigenvalue weighted by molar-refractivity contribution is 0.669. The molecule has 10 rings (SSSR count). The van der Waals surface area contributed by atoms with Gasteiger partial charge in [-0.05, 0) is 70.1 Å². The highest BCUT2D eigenvalue weighted by Crippen LogP contribution is 2.49. The first-order chi connectivity index (χ1) is 23.3. The Morgan fingerprint density at radius 2 is 1.00 bits per heavy atom. The number of nitrogens with zero attached hydrogens (tertiary/aromatic N) is 2. The number of para-hydroxylation sites is 3. The summed E-state index contributed by atoms with van der Waals surface area (Å²) in [7, 11) is 0. The topological polar surface area (TPSA) is 21.3 Å². The van der Waals surface area contributed by atoms with E-state index in [1.54, 1.807) is 0 Å². The van der Waals surface area contributed by atoms with Crippen molar-refractivity contribution in [2.24, 2.45) is 0 Å². The van der Waals surface area contributed by atoms with E-state index in [2.05, 4.69) is 173 Å². The first-order valence-corrected chi connectivity index (χ1v) is 16.0. The molecule has 0 aliphatic carbocycles. The van der Waals surface area contributed by atoms with Crippen molar-refractivity contribution in [3.05, 3.63) is 170 Å². The molecule has 0 fully saturated rings. The zero-order valence-electron chi connectivity index (χ0n) is 25.5. The van der Waals surface area contributed by atoms with Crippen LogP contribution in [-0.4, -0.2) is 4.57 Å². The summed E-state index contributed by atoms with van der Waals surface area (Å²) in [5, 5.41) is 9.47. The number of furan rings is 1. The van der Waals surface area contributed by atoms with Crippen LogP contribution in [0.3, 0.4) is 0 Å². The van der Waals surface area contributed by atoms with Gasteiger partial charge in [0.25, 0.3) is 0 Å². The second kappa shape index (κ2) is 10.1. The van der Waals surface area contributed by atoms with Gasteiger partial charge in [-0.3, -0.25) is 0 Å². The van der Waals surface area contributed by atoms with Crippen LogP contribution in [0.15, 0.2) is 174 Å². The Morgan fingerprint density at radius 1 is 0.426 bits per heavy atom. The third kappa shape index (κ3) is 3.93. The van der Waals surface area contributed by atoms with Crippen LogP contribution in [0.25, 0.3) is 71.0 Å². The normalized spacial score (nSPS) is 11.8. The summed E-state index contributed by atoms with van der Waals surface area (Å²) in [6.07, 6.45) is 0. The first kappa shape index (κ1) is 26.0. The molecular formula is C44H28N2O. The van der Waals surface area contributed by atoms with Gasteiger partial charge in [0.15, 0.2) is 0 Å². The third-order valence-electron chi connectivity index (χ3n) is 9.50. The molecule has 0 saturated heterocycles. The highest BCUT2D eigenvalue weighted by Gasteiger charge is 2.26. The molecule has 0 saturated carbocycles. The molecule has 0 bridgehead atoms. The van der Waals surface area contributed by atoms with Crippen molar-refractivity contribution in [3.63, 3.8) is 0 Å². The Labute approximate surface area is 271 Å². The summed E-state index contributed by atoms with van der Waals surface area (Å²) in [6.45, 7) is 0. The predicted octanol–water partition coefficient (Wildman–Crippen LogP) is 12.5. The number of hydrogen-bond acceptors (Lipinski definition) is 2. The summed E-state index contributed by atoms with van der Waals surface area (Å²) >= 11 is 0. The number of fused-ring (bicyclic) bond motifs is 9. The Morgan fingerprint density at radius 3 is 1.70 bits per heavy atom. The minimum Gasteiger partial charge on any atom is -0.456 e. The molecular weight excluding hydrogens is 572 g/mol. The maximum atomic E-state index is 6.69. The van der Waals surface area contributed by atoms with E-state index in [9.17, 15) is 0 Å². The van der Waals surface area contributed by atoms with Crippen molar-refractivity contribution >= 4 is 82.4 Å². The molecule has 8 aromatic carbocycles. The zero-order valence-corrected chi connectivity index (χ0v) is 25.5. The van der Waals surface area contributed by atoms with Crippen molar-refractivity contribution < 1.29 is 4.42 Å². The van der Waals surface area contributed by atoms with Gasteiger partial charge in [0.1, 0.15) is 11.2 Å². The molecule has 0 radical (unpaired) electrons. The fourth-order valence-electron chi connectivity index (χ4n) is 7.43. The van der Waals surface area contributed by atoms with Crippen LogP contribution < -0.4 is 4.90 Å². The SMILES string of the molecule is c1ccc(-n2c3ccccc3c3c4c(cc(N(c5ccc6ccccc6c5)c5ccc6ccccc6c5)c32)oc2ccccc24)cc1. The summed E-state index contributed by atoms with van der Waals surface area (Å²) in [6, 6.07) is 60.8. The number of anilines is 3. The molecule has 10 aromatic rings. The molecule has 47 heavy (non-hydrogen) atoms. The van der Waals surface area contributed by atoms with Gasteiger partial charge >= 0.3 is 0 Å². The number of hydrogen-bond donors (Lipinski definition) is 0. The summed E-state index contributed by atoms with van der Waals surface area (Å²) in [4.78, 5) is 2.41. The van der Waals surface area contributed by atoms with Crippen LogP contribution in [0.1, 0.15) is 0 Å². The van der Waals surface area contributed by atoms with E-state index in [1.807, 2.05) is 6.07 Å². The molecule has 2 heterocycles. The number of benzene rings is 8.